The molecule has 0 saturated heterocycles. The maximum absolute atomic E-state index is 12.3. The van der Waals surface area contributed by atoms with E-state index in [9.17, 15) is 4.79 Å². The summed E-state index contributed by atoms with van der Waals surface area (Å²) in [5, 5.41) is 3.73. The lowest BCUT2D eigenvalue weighted by Crippen LogP contribution is -2.49. The number of hydrogen-bond donors (Lipinski definition) is 2. The zero-order chi connectivity index (χ0) is 15.5. The van der Waals surface area contributed by atoms with Crippen LogP contribution in [0.25, 0.3) is 0 Å². The molecular formula is C14H24N4O2S. The predicted octanol–water partition coefficient (Wildman–Crippen LogP) is 1.87. The van der Waals surface area contributed by atoms with Crippen LogP contribution in [0.4, 0.5) is 10.9 Å². The number of nitrogens with zero attached hydrogens (tertiary/aromatic N) is 2. The van der Waals surface area contributed by atoms with Crippen LogP contribution in [0.15, 0.2) is 0 Å². The molecule has 1 saturated carbocycles. The standard InChI is InChI=1S/C14H24N4O2S/c1-4-18(5-2)13-17-11(15)10(21-13)12(19)16-9-14(20-3)7-6-8-14/h4-9,15H2,1-3H3,(H,16,19). The number of nitrogens with one attached hydrogen (secondary N) is 1. The summed E-state index contributed by atoms with van der Waals surface area (Å²) < 4.78 is 5.50. The van der Waals surface area contributed by atoms with Crippen LogP contribution in [0.2, 0.25) is 0 Å². The number of thiazole rings is 1. The minimum atomic E-state index is -0.184. The molecule has 21 heavy (non-hydrogen) atoms. The van der Waals surface area contributed by atoms with Crippen molar-refractivity contribution in [3.63, 3.8) is 0 Å². The number of ether oxygens (including phenoxy) is 1. The van der Waals surface area contributed by atoms with Crippen LogP contribution in [0.3, 0.4) is 0 Å². The second-order valence-electron chi connectivity index (χ2n) is 5.31. The van der Waals surface area contributed by atoms with E-state index in [0.29, 0.717) is 17.2 Å². The predicted molar refractivity (Wildman–Crippen MR) is 86.0 cm³/mol. The van der Waals surface area contributed by atoms with E-state index in [-0.39, 0.29) is 11.5 Å². The highest BCUT2D eigenvalue weighted by molar-refractivity contribution is 7.18. The van der Waals surface area contributed by atoms with E-state index in [1.165, 1.54) is 11.3 Å². The maximum Gasteiger partial charge on any atom is 0.265 e. The van der Waals surface area contributed by atoms with Gasteiger partial charge in [-0.05, 0) is 33.1 Å². The third-order valence-corrected chi connectivity index (χ3v) is 5.28. The van der Waals surface area contributed by atoms with Gasteiger partial charge in [0.1, 0.15) is 10.7 Å². The van der Waals surface area contributed by atoms with Gasteiger partial charge in [0, 0.05) is 26.7 Å². The van der Waals surface area contributed by atoms with E-state index < -0.39 is 0 Å². The topological polar surface area (TPSA) is 80.5 Å². The number of methoxy groups -OCH3 is 1. The van der Waals surface area contributed by atoms with Crippen LogP contribution in [0.5, 0.6) is 0 Å². The van der Waals surface area contributed by atoms with E-state index in [4.69, 9.17) is 10.5 Å². The monoisotopic (exact) mass is 312 g/mol. The van der Waals surface area contributed by atoms with Crippen molar-refractivity contribution in [3.8, 4) is 0 Å². The molecule has 1 heterocycles. The van der Waals surface area contributed by atoms with Crippen LogP contribution in [0, 0.1) is 0 Å². The Labute approximate surface area is 129 Å². The molecule has 118 valence electrons. The van der Waals surface area contributed by atoms with Gasteiger partial charge in [0.15, 0.2) is 5.13 Å². The SMILES string of the molecule is CCN(CC)c1nc(N)c(C(=O)NCC2(OC)CCC2)s1. The van der Waals surface area contributed by atoms with Gasteiger partial charge in [-0.3, -0.25) is 4.79 Å². The van der Waals surface area contributed by atoms with Crippen molar-refractivity contribution in [2.75, 3.05) is 37.4 Å². The van der Waals surface area contributed by atoms with E-state index in [1.54, 1.807) is 7.11 Å². The number of amides is 1. The lowest BCUT2D eigenvalue weighted by atomic mass is 9.80. The van der Waals surface area contributed by atoms with Crippen molar-refractivity contribution in [2.24, 2.45) is 0 Å². The molecule has 0 unspecified atom stereocenters. The number of nitrogens with two attached hydrogens (primary N) is 1. The summed E-state index contributed by atoms with van der Waals surface area (Å²) in [7, 11) is 1.70. The fourth-order valence-electron chi connectivity index (χ4n) is 2.46. The number of rotatable bonds is 7. The highest BCUT2D eigenvalue weighted by atomic mass is 32.1. The Kier molecular flexibility index (Phi) is 5.05. The summed E-state index contributed by atoms with van der Waals surface area (Å²) in [6, 6.07) is 0. The number of carbonyl (C=O) groups excluding carboxylic acids is 1. The molecule has 1 aromatic heterocycles. The van der Waals surface area contributed by atoms with Gasteiger partial charge in [-0.2, -0.15) is 0 Å². The molecule has 1 fully saturated rings. The van der Waals surface area contributed by atoms with Crippen molar-refractivity contribution in [2.45, 2.75) is 38.7 Å². The summed E-state index contributed by atoms with van der Waals surface area (Å²) in [5.41, 5.74) is 5.70. The molecule has 0 aliphatic heterocycles. The zero-order valence-corrected chi connectivity index (χ0v) is 13.8. The Bertz CT molecular complexity index is 490. The van der Waals surface area contributed by atoms with Crippen LogP contribution >= 0.6 is 11.3 Å². The minimum Gasteiger partial charge on any atom is -0.382 e. The average molecular weight is 312 g/mol. The van der Waals surface area contributed by atoms with Crippen molar-refractivity contribution < 1.29 is 9.53 Å². The molecule has 1 aliphatic rings. The smallest absolute Gasteiger partial charge is 0.265 e. The summed E-state index contributed by atoms with van der Waals surface area (Å²) in [6.45, 7) is 6.33. The quantitative estimate of drug-likeness (QED) is 0.803. The third kappa shape index (κ3) is 3.29. The number of hydrogen-bond acceptors (Lipinski definition) is 6. The summed E-state index contributed by atoms with van der Waals surface area (Å²) >= 11 is 1.35. The largest absolute Gasteiger partial charge is 0.382 e. The average Bonchev–Trinajstić information content (AvgIpc) is 2.81. The highest BCUT2D eigenvalue weighted by Gasteiger charge is 2.37. The molecule has 2 rings (SSSR count). The van der Waals surface area contributed by atoms with Crippen LogP contribution in [-0.4, -0.2) is 43.2 Å². The van der Waals surface area contributed by atoms with Gasteiger partial charge in [-0.1, -0.05) is 11.3 Å². The number of nitrogen functional groups attached to an aromatic ring is 1. The lowest BCUT2D eigenvalue weighted by molar-refractivity contribution is -0.0679. The first kappa shape index (κ1) is 16.0. The van der Waals surface area contributed by atoms with E-state index in [2.05, 4.69) is 29.0 Å². The number of aromatic nitrogens is 1. The fraction of sp³-hybridized carbons (Fsp3) is 0.714. The minimum absolute atomic E-state index is 0.160. The zero-order valence-electron chi connectivity index (χ0n) is 12.9. The second kappa shape index (κ2) is 6.62. The molecule has 1 aromatic rings. The molecule has 3 N–H and O–H groups in total. The van der Waals surface area contributed by atoms with Gasteiger partial charge in [-0.25, -0.2) is 4.98 Å². The number of carbonyl (C=O) groups is 1. The molecule has 0 atom stereocenters. The Morgan fingerprint density at radius 1 is 1.48 bits per heavy atom. The second-order valence-corrected chi connectivity index (χ2v) is 6.28. The van der Waals surface area contributed by atoms with Crippen LogP contribution in [-0.2, 0) is 4.74 Å². The maximum atomic E-state index is 12.3. The normalized spacial score (nSPS) is 16.3. The first-order valence-corrected chi connectivity index (χ1v) is 8.21. The summed E-state index contributed by atoms with van der Waals surface area (Å²) in [4.78, 5) is 19.2. The lowest BCUT2D eigenvalue weighted by Gasteiger charge is -2.40. The molecule has 6 nitrogen and oxygen atoms in total. The fourth-order valence-corrected chi connectivity index (χ4v) is 3.49. The van der Waals surface area contributed by atoms with Crippen molar-refractivity contribution in [1.82, 2.24) is 10.3 Å². The Morgan fingerprint density at radius 3 is 2.62 bits per heavy atom. The van der Waals surface area contributed by atoms with Gasteiger partial charge in [0.05, 0.1) is 5.60 Å². The highest BCUT2D eigenvalue weighted by Crippen LogP contribution is 2.34. The van der Waals surface area contributed by atoms with Crippen LogP contribution in [0.1, 0.15) is 42.8 Å². The Hall–Kier alpha value is -1.34. The molecule has 1 amide bonds. The van der Waals surface area contributed by atoms with Crippen molar-refractivity contribution in [1.29, 1.82) is 0 Å². The van der Waals surface area contributed by atoms with E-state index >= 15 is 0 Å². The van der Waals surface area contributed by atoms with E-state index in [1.807, 2.05) is 0 Å². The van der Waals surface area contributed by atoms with Crippen molar-refractivity contribution in [3.05, 3.63) is 4.88 Å². The number of anilines is 2. The molecular weight excluding hydrogens is 288 g/mol. The first-order chi connectivity index (χ1) is 10.0. The van der Waals surface area contributed by atoms with E-state index in [0.717, 1.165) is 37.5 Å². The van der Waals surface area contributed by atoms with Gasteiger partial charge >= 0.3 is 0 Å². The summed E-state index contributed by atoms with van der Waals surface area (Å²) in [5.74, 6) is 0.145. The molecule has 0 radical (unpaired) electrons. The molecule has 0 aromatic carbocycles. The first-order valence-electron chi connectivity index (χ1n) is 7.40. The van der Waals surface area contributed by atoms with Gasteiger partial charge in [0.2, 0.25) is 0 Å². The Morgan fingerprint density at radius 2 is 2.14 bits per heavy atom. The molecule has 0 bridgehead atoms. The third-order valence-electron chi connectivity index (χ3n) is 4.15. The van der Waals surface area contributed by atoms with Crippen LogP contribution < -0.4 is 16.0 Å². The van der Waals surface area contributed by atoms with Gasteiger partial charge < -0.3 is 20.7 Å². The van der Waals surface area contributed by atoms with Gasteiger partial charge in [-0.15, -0.1) is 0 Å². The molecule has 0 spiro atoms. The molecule has 1 aliphatic carbocycles. The Balaban J connectivity index is 2.02. The summed E-state index contributed by atoms with van der Waals surface area (Å²) in [6.07, 6.45) is 3.14. The molecule has 7 heteroatoms. The van der Waals surface area contributed by atoms with Crippen molar-refractivity contribution >= 4 is 28.2 Å². The van der Waals surface area contributed by atoms with Gasteiger partial charge in [0.25, 0.3) is 5.91 Å².